The third-order valence-electron chi connectivity index (χ3n) is 6.91. The quantitative estimate of drug-likeness (QED) is 0.834. The number of fused-ring (bicyclic) bond motifs is 7. The van der Waals surface area contributed by atoms with Gasteiger partial charge in [-0.2, -0.15) is 13.2 Å². The summed E-state index contributed by atoms with van der Waals surface area (Å²) in [6.45, 7) is 0. The third kappa shape index (κ3) is 2.54. The van der Waals surface area contributed by atoms with Gasteiger partial charge in [0.25, 0.3) is 0 Å². The first kappa shape index (κ1) is 17.6. The number of hydrogen-bond acceptors (Lipinski definition) is 3. The summed E-state index contributed by atoms with van der Waals surface area (Å²) in [4.78, 5) is 11.7. The number of aromatic carboxylic acids is 1. The van der Waals surface area contributed by atoms with Crippen LogP contribution in [0.5, 0.6) is 0 Å². The van der Waals surface area contributed by atoms with Crippen LogP contribution in [-0.2, 0) is 6.18 Å². The SMILES string of the molecule is O=C([O-])c1cccc2c1N[C@@H](c1cccc(C(F)(F)F)c1)[C@@H]1[C@H]3CC[C@@H](C3)[C@H]21. The molecule has 0 unspecified atom stereocenters. The number of para-hydroxylation sites is 1. The number of rotatable bonds is 2. The minimum Gasteiger partial charge on any atom is -0.545 e. The van der Waals surface area contributed by atoms with E-state index >= 15 is 0 Å². The molecule has 28 heavy (non-hydrogen) atoms. The van der Waals surface area contributed by atoms with Crippen LogP contribution in [0.3, 0.4) is 0 Å². The summed E-state index contributed by atoms with van der Waals surface area (Å²) in [5.74, 6) is -0.0164. The van der Waals surface area contributed by atoms with Crippen molar-refractivity contribution >= 4 is 11.7 Å². The first-order valence-electron chi connectivity index (χ1n) is 9.62. The molecule has 3 nitrogen and oxygen atoms in total. The van der Waals surface area contributed by atoms with E-state index in [1.807, 2.05) is 6.07 Å². The monoisotopic (exact) mass is 386 g/mol. The topological polar surface area (TPSA) is 52.2 Å². The van der Waals surface area contributed by atoms with Crippen LogP contribution >= 0.6 is 0 Å². The number of alkyl halides is 3. The van der Waals surface area contributed by atoms with E-state index in [0.717, 1.165) is 30.9 Å². The Kier molecular flexibility index (Phi) is 3.77. The number of nitrogens with one attached hydrogen (secondary N) is 1. The van der Waals surface area contributed by atoms with Gasteiger partial charge in [-0.1, -0.05) is 30.3 Å². The third-order valence-corrected chi connectivity index (χ3v) is 6.91. The van der Waals surface area contributed by atoms with Gasteiger partial charge in [-0.05, 0) is 66.2 Å². The number of anilines is 1. The van der Waals surface area contributed by atoms with Crippen LogP contribution in [0.25, 0.3) is 0 Å². The zero-order valence-electron chi connectivity index (χ0n) is 15.0. The molecule has 2 bridgehead atoms. The molecule has 0 saturated heterocycles. The Morgan fingerprint density at radius 2 is 1.82 bits per heavy atom. The van der Waals surface area contributed by atoms with Crippen LogP contribution in [0.1, 0.15) is 58.3 Å². The molecular weight excluding hydrogens is 367 g/mol. The van der Waals surface area contributed by atoms with Crippen molar-refractivity contribution in [2.75, 3.05) is 5.32 Å². The molecule has 0 radical (unpaired) electrons. The van der Waals surface area contributed by atoms with Crippen LogP contribution < -0.4 is 10.4 Å². The number of benzene rings is 2. The van der Waals surface area contributed by atoms with E-state index in [0.29, 0.717) is 23.1 Å². The van der Waals surface area contributed by atoms with Crippen LogP contribution in [0, 0.1) is 17.8 Å². The predicted molar refractivity (Wildman–Crippen MR) is 95.6 cm³/mol. The first-order valence-corrected chi connectivity index (χ1v) is 9.62. The highest BCUT2D eigenvalue weighted by Crippen LogP contribution is 2.64. The van der Waals surface area contributed by atoms with Gasteiger partial charge in [0, 0.05) is 11.3 Å². The summed E-state index contributed by atoms with van der Waals surface area (Å²) in [7, 11) is 0. The van der Waals surface area contributed by atoms with Crippen LogP contribution in [0.4, 0.5) is 18.9 Å². The maximum atomic E-state index is 13.3. The Labute approximate surface area is 160 Å². The number of carbonyl (C=O) groups excluding carboxylic acids is 1. The van der Waals surface area contributed by atoms with E-state index in [9.17, 15) is 23.1 Å². The molecule has 0 spiro atoms. The summed E-state index contributed by atoms with van der Waals surface area (Å²) >= 11 is 0. The lowest BCUT2D eigenvalue weighted by atomic mass is 9.67. The summed E-state index contributed by atoms with van der Waals surface area (Å²) < 4.78 is 39.8. The van der Waals surface area contributed by atoms with E-state index in [1.54, 1.807) is 12.1 Å². The molecule has 3 aliphatic rings. The molecule has 2 aliphatic carbocycles. The van der Waals surface area contributed by atoms with E-state index in [2.05, 4.69) is 5.32 Å². The standard InChI is InChI=1S/C22H20F3NO2/c23-22(24,25)14-4-1-3-13(10-14)19-18-12-8-7-11(9-12)17(18)15-5-2-6-16(21(27)28)20(15)26-19/h1-6,10-12,17-19,26H,7-9H2,(H,27,28)/p-1/t11-,12-,17+,18+,19-/m0/s1. The zero-order valence-corrected chi connectivity index (χ0v) is 15.0. The fraction of sp³-hybridized carbons (Fsp3) is 0.409. The average Bonchev–Trinajstić information content (AvgIpc) is 3.28. The van der Waals surface area contributed by atoms with Crippen LogP contribution in [0.2, 0.25) is 0 Å². The van der Waals surface area contributed by atoms with Gasteiger partial charge in [0.15, 0.2) is 0 Å². The highest BCUT2D eigenvalue weighted by molar-refractivity contribution is 5.94. The molecule has 5 rings (SSSR count). The van der Waals surface area contributed by atoms with Crippen molar-refractivity contribution in [3.8, 4) is 0 Å². The smallest absolute Gasteiger partial charge is 0.416 e. The number of halogens is 3. The molecule has 1 N–H and O–H groups in total. The Morgan fingerprint density at radius 3 is 2.57 bits per heavy atom. The van der Waals surface area contributed by atoms with Gasteiger partial charge in [-0.15, -0.1) is 0 Å². The Bertz CT molecular complexity index is 955. The molecule has 2 saturated carbocycles. The molecular formula is C22H19F3NO2-. The summed E-state index contributed by atoms with van der Waals surface area (Å²) in [5.41, 5.74) is 1.46. The van der Waals surface area contributed by atoms with E-state index in [1.165, 1.54) is 18.2 Å². The molecule has 6 heteroatoms. The van der Waals surface area contributed by atoms with Crippen molar-refractivity contribution < 1.29 is 23.1 Å². The number of carboxylic acids is 1. The van der Waals surface area contributed by atoms with E-state index in [-0.39, 0.29) is 23.4 Å². The summed E-state index contributed by atoms with van der Waals surface area (Å²) in [5, 5.41) is 15.0. The molecule has 2 aromatic rings. The van der Waals surface area contributed by atoms with Gasteiger partial charge >= 0.3 is 6.18 Å². The Morgan fingerprint density at radius 1 is 1.07 bits per heavy atom. The fourth-order valence-corrected chi connectivity index (χ4v) is 5.92. The normalized spacial score (nSPS) is 30.5. The second-order valence-electron chi connectivity index (χ2n) is 8.24. The Hall–Kier alpha value is -2.50. The van der Waals surface area contributed by atoms with E-state index in [4.69, 9.17) is 0 Å². The molecule has 1 aliphatic heterocycles. The summed E-state index contributed by atoms with van der Waals surface area (Å²) in [6.07, 6.45) is -1.18. The van der Waals surface area contributed by atoms with Gasteiger partial charge in [-0.25, -0.2) is 0 Å². The highest BCUT2D eigenvalue weighted by atomic mass is 19.4. The lowest BCUT2D eigenvalue weighted by molar-refractivity contribution is -0.254. The Balaban J connectivity index is 1.65. The van der Waals surface area contributed by atoms with Gasteiger partial charge in [0.2, 0.25) is 0 Å². The molecule has 2 fully saturated rings. The van der Waals surface area contributed by atoms with Crippen molar-refractivity contribution in [2.24, 2.45) is 17.8 Å². The van der Waals surface area contributed by atoms with Gasteiger partial charge < -0.3 is 15.2 Å². The lowest BCUT2D eigenvalue weighted by Crippen LogP contribution is -2.37. The minimum absolute atomic E-state index is 0.0794. The second-order valence-corrected chi connectivity index (χ2v) is 8.24. The maximum absolute atomic E-state index is 13.3. The average molecular weight is 386 g/mol. The minimum atomic E-state index is -4.41. The van der Waals surface area contributed by atoms with Crippen molar-refractivity contribution in [2.45, 2.75) is 37.4 Å². The zero-order chi connectivity index (χ0) is 19.6. The van der Waals surface area contributed by atoms with Crippen molar-refractivity contribution in [1.29, 1.82) is 0 Å². The fourth-order valence-electron chi connectivity index (χ4n) is 5.92. The number of carboxylic acid groups (broad SMARTS) is 1. The van der Waals surface area contributed by atoms with Crippen molar-refractivity contribution in [3.63, 3.8) is 0 Å². The lowest BCUT2D eigenvalue weighted by Gasteiger charge is -2.44. The van der Waals surface area contributed by atoms with Gasteiger partial charge in [0.1, 0.15) is 0 Å². The van der Waals surface area contributed by atoms with Crippen molar-refractivity contribution in [1.82, 2.24) is 0 Å². The maximum Gasteiger partial charge on any atom is 0.416 e. The predicted octanol–water partition coefficient (Wildman–Crippen LogP) is 4.37. The van der Waals surface area contributed by atoms with Crippen LogP contribution in [-0.4, -0.2) is 5.97 Å². The molecule has 1 heterocycles. The molecule has 0 aromatic heterocycles. The molecule has 5 atom stereocenters. The number of hydrogen-bond donors (Lipinski definition) is 1. The number of carbonyl (C=O) groups is 1. The molecule has 0 amide bonds. The van der Waals surface area contributed by atoms with Gasteiger partial charge in [0.05, 0.1) is 17.6 Å². The highest BCUT2D eigenvalue weighted by Gasteiger charge is 2.54. The summed E-state index contributed by atoms with van der Waals surface area (Å²) in [6, 6.07) is 10.3. The van der Waals surface area contributed by atoms with Gasteiger partial charge in [-0.3, -0.25) is 0 Å². The van der Waals surface area contributed by atoms with E-state index < -0.39 is 17.7 Å². The largest absolute Gasteiger partial charge is 0.545 e. The first-order chi connectivity index (χ1) is 13.3. The molecule has 146 valence electrons. The molecule has 2 aromatic carbocycles. The van der Waals surface area contributed by atoms with Crippen molar-refractivity contribution in [3.05, 3.63) is 64.7 Å². The van der Waals surface area contributed by atoms with Crippen LogP contribution in [0.15, 0.2) is 42.5 Å². The second kappa shape index (κ2) is 6.00.